The van der Waals surface area contributed by atoms with Crippen molar-refractivity contribution in [1.29, 1.82) is 0 Å². The van der Waals surface area contributed by atoms with Crippen molar-refractivity contribution in [1.82, 2.24) is 14.9 Å². The van der Waals surface area contributed by atoms with E-state index in [-0.39, 0.29) is 0 Å². The topological polar surface area (TPSA) is 44.0 Å². The summed E-state index contributed by atoms with van der Waals surface area (Å²) in [5, 5.41) is 4.21. The predicted molar refractivity (Wildman–Crippen MR) is 112 cm³/mol. The number of piperidine rings is 1. The van der Waals surface area contributed by atoms with Gasteiger partial charge < -0.3 is 15.2 Å². The van der Waals surface area contributed by atoms with Crippen LogP contribution in [0, 0.1) is 13.8 Å². The Hall–Kier alpha value is -2.40. The van der Waals surface area contributed by atoms with Crippen LogP contribution in [0.15, 0.2) is 42.5 Å². The van der Waals surface area contributed by atoms with E-state index in [1.54, 1.807) is 0 Å². The summed E-state index contributed by atoms with van der Waals surface area (Å²) in [6.45, 7) is 6.14. The zero-order chi connectivity index (χ0) is 18.1. The van der Waals surface area contributed by atoms with E-state index >= 15 is 0 Å². The van der Waals surface area contributed by atoms with Crippen LogP contribution in [0.1, 0.15) is 35.7 Å². The lowest BCUT2D eigenvalue weighted by molar-refractivity contribution is 0.307. The van der Waals surface area contributed by atoms with Crippen molar-refractivity contribution < 1.29 is 0 Å². The van der Waals surface area contributed by atoms with Gasteiger partial charge in [0, 0.05) is 24.7 Å². The summed E-state index contributed by atoms with van der Waals surface area (Å²) in [4.78, 5) is 10.5. The number of para-hydroxylation sites is 2. The summed E-state index contributed by atoms with van der Waals surface area (Å²) in [5.41, 5.74) is 5.77. The fourth-order valence-electron chi connectivity index (χ4n) is 3.57. The van der Waals surface area contributed by atoms with E-state index in [1.165, 1.54) is 11.1 Å². The first-order valence-electron chi connectivity index (χ1n) is 9.18. The smallest absolute Gasteiger partial charge is 0.173 e. The zero-order valence-corrected chi connectivity index (χ0v) is 16.1. The molecule has 1 aliphatic rings. The quantitative estimate of drug-likeness (QED) is 0.644. The summed E-state index contributed by atoms with van der Waals surface area (Å²) in [7, 11) is 0. The van der Waals surface area contributed by atoms with E-state index in [2.05, 4.69) is 59.4 Å². The summed E-state index contributed by atoms with van der Waals surface area (Å²) in [5.74, 6) is 1.46. The molecule has 0 amide bonds. The minimum absolute atomic E-state index is 0.385. The molecule has 0 radical (unpaired) electrons. The molecule has 1 saturated heterocycles. The highest BCUT2D eigenvalue weighted by atomic mass is 32.1. The normalized spacial score (nSPS) is 17.5. The number of nitrogens with one attached hydrogen (secondary N) is 2. The lowest BCUT2D eigenvalue weighted by atomic mass is 9.98. The molecule has 26 heavy (non-hydrogen) atoms. The van der Waals surface area contributed by atoms with Gasteiger partial charge in [0.2, 0.25) is 0 Å². The summed E-state index contributed by atoms with van der Waals surface area (Å²) < 4.78 is 0. The number of rotatable bonds is 2. The van der Waals surface area contributed by atoms with Gasteiger partial charge in [-0.25, -0.2) is 4.98 Å². The molecule has 2 aromatic carbocycles. The van der Waals surface area contributed by atoms with Crippen LogP contribution in [0.2, 0.25) is 0 Å². The molecule has 0 bridgehead atoms. The lowest BCUT2D eigenvalue weighted by Gasteiger charge is -2.33. The van der Waals surface area contributed by atoms with Gasteiger partial charge in [-0.1, -0.05) is 18.2 Å². The van der Waals surface area contributed by atoms with E-state index in [0.717, 1.165) is 53.6 Å². The van der Waals surface area contributed by atoms with Crippen molar-refractivity contribution in [3.8, 4) is 0 Å². The first kappa shape index (κ1) is 17.0. The van der Waals surface area contributed by atoms with Gasteiger partial charge in [-0.3, -0.25) is 0 Å². The molecule has 0 aliphatic carbocycles. The third kappa shape index (κ3) is 3.44. The molecule has 1 aliphatic heterocycles. The molecule has 4 rings (SSSR count). The largest absolute Gasteiger partial charge is 0.348 e. The highest BCUT2D eigenvalue weighted by Gasteiger charge is 2.25. The van der Waals surface area contributed by atoms with Crippen molar-refractivity contribution in [2.45, 2.75) is 32.6 Å². The molecule has 1 fully saturated rings. The minimum Gasteiger partial charge on any atom is -0.348 e. The second kappa shape index (κ2) is 7.08. The molecular formula is C21H24N4S. The van der Waals surface area contributed by atoms with Crippen LogP contribution >= 0.6 is 12.2 Å². The molecule has 1 aromatic heterocycles. The van der Waals surface area contributed by atoms with Crippen LogP contribution in [-0.4, -0.2) is 33.1 Å². The Labute approximate surface area is 159 Å². The molecule has 2 N–H and O–H groups in total. The van der Waals surface area contributed by atoms with Crippen molar-refractivity contribution in [2.75, 3.05) is 18.4 Å². The average Bonchev–Trinajstić information content (AvgIpc) is 3.09. The van der Waals surface area contributed by atoms with Crippen molar-refractivity contribution in [3.05, 3.63) is 59.4 Å². The van der Waals surface area contributed by atoms with Crippen LogP contribution in [0.3, 0.4) is 0 Å². The number of hydrogen-bond donors (Lipinski definition) is 2. The highest BCUT2D eigenvalue weighted by Crippen LogP contribution is 2.27. The number of aryl methyl sites for hydroxylation is 2. The number of hydrogen-bond acceptors (Lipinski definition) is 2. The highest BCUT2D eigenvalue weighted by molar-refractivity contribution is 7.80. The zero-order valence-electron chi connectivity index (χ0n) is 15.2. The standard InChI is InChI=1S/C21H24N4S/c1-14-9-10-17(12-15(14)2)22-21(26)25-11-5-6-16(13-25)20-23-18-7-3-4-8-19(18)24-20/h3-4,7-10,12,16H,5-6,11,13H2,1-2H3,(H,22,26)(H,23,24)/t16-/m1/s1. The Bertz CT molecular complexity index is 913. The molecule has 4 nitrogen and oxygen atoms in total. The number of anilines is 1. The molecular weight excluding hydrogens is 340 g/mol. The maximum Gasteiger partial charge on any atom is 0.173 e. The number of thiocarbonyl (C=S) groups is 1. The Balaban J connectivity index is 1.47. The van der Waals surface area contributed by atoms with Crippen LogP contribution in [-0.2, 0) is 0 Å². The summed E-state index contributed by atoms with van der Waals surface area (Å²) in [6, 6.07) is 14.6. The molecule has 134 valence electrons. The Morgan fingerprint density at radius 1 is 1.19 bits per heavy atom. The fraction of sp³-hybridized carbons (Fsp3) is 0.333. The van der Waals surface area contributed by atoms with Crippen LogP contribution in [0.4, 0.5) is 5.69 Å². The van der Waals surface area contributed by atoms with Crippen LogP contribution in [0.5, 0.6) is 0 Å². The molecule has 5 heteroatoms. The number of fused-ring (bicyclic) bond motifs is 1. The maximum absolute atomic E-state index is 5.68. The van der Waals surface area contributed by atoms with Crippen LogP contribution < -0.4 is 5.32 Å². The molecule has 0 unspecified atom stereocenters. The number of aromatic amines is 1. The monoisotopic (exact) mass is 364 g/mol. The first-order valence-corrected chi connectivity index (χ1v) is 9.59. The van der Waals surface area contributed by atoms with Crippen molar-refractivity contribution >= 4 is 34.1 Å². The second-order valence-corrected chi connectivity index (χ2v) is 7.54. The molecule has 0 saturated carbocycles. The number of H-pyrrole nitrogens is 1. The van der Waals surface area contributed by atoms with Gasteiger partial charge in [0.25, 0.3) is 0 Å². The molecule has 3 aromatic rings. The second-order valence-electron chi connectivity index (χ2n) is 7.15. The van der Waals surface area contributed by atoms with Gasteiger partial charge in [-0.15, -0.1) is 0 Å². The lowest BCUT2D eigenvalue weighted by Crippen LogP contribution is -2.41. The minimum atomic E-state index is 0.385. The van der Waals surface area contributed by atoms with Crippen molar-refractivity contribution in [3.63, 3.8) is 0 Å². The molecule has 2 heterocycles. The van der Waals surface area contributed by atoms with Gasteiger partial charge in [0.05, 0.1) is 11.0 Å². The van der Waals surface area contributed by atoms with Gasteiger partial charge in [0.1, 0.15) is 5.82 Å². The number of nitrogens with zero attached hydrogens (tertiary/aromatic N) is 2. The summed E-state index contributed by atoms with van der Waals surface area (Å²) in [6.07, 6.45) is 2.26. The number of likely N-dealkylation sites (tertiary alicyclic amines) is 1. The van der Waals surface area contributed by atoms with E-state index in [0.29, 0.717) is 5.92 Å². The Morgan fingerprint density at radius 3 is 2.85 bits per heavy atom. The van der Waals surface area contributed by atoms with Gasteiger partial charge in [0.15, 0.2) is 5.11 Å². The fourth-order valence-corrected chi connectivity index (χ4v) is 3.86. The Morgan fingerprint density at radius 2 is 2.04 bits per heavy atom. The van der Waals surface area contributed by atoms with E-state index in [1.807, 2.05) is 12.1 Å². The maximum atomic E-state index is 5.68. The molecule has 0 spiro atoms. The predicted octanol–water partition coefficient (Wildman–Crippen LogP) is 4.76. The number of imidazole rings is 1. The first-order chi connectivity index (χ1) is 12.6. The van der Waals surface area contributed by atoms with Gasteiger partial charge in [-0.05, 0) is 74.3 Å². The number of aromatic nitrogens is 2. The third-order valence-electron chi connectivity index (χ3n) is 5.26. The molecule has 1 atom stereocenters. The van der Waals surface area contributed by atoms with E-state index in [9.17, 15) is 0 Å². The number of benzene rings is 2. The summed E-state index contributed by atoms with van der Waals surface area (Å²) >= 11 is 5.68. The van der Waals surface area contributed by atoms with E-state index in [4.69, 9.17) is 17.2 Å². The van der Waals surface area contributed by atoms with Crippen LogP contribution in [0.25, 0.3) is 11.0 Å². The van der Waals surface area contributed by atoms with Gasteiger partial charge >= 0.3 is 0 Å². The third-order valence-corrected chi connectivity index (χ3v) is 5.62. The average molecular weight is 365 g/mol. The van der Waals surface area contributed by atoms with Crippen molar-refractivity contribution in [2.24, 2.45) is 0 Å². The SMILES string of the molecule is Cc1ccc(NC(=S)N2CCC[C@@H](c3nc4ccccc4[nH]3)C2)cc1C. The Kier molecular flexibility index (Phi) is 4.64. The van der Waals surface area contributed by atoms with Gasteiger partial charge in [-0.2, -0.15) is 0 Å². The van der Waals surface area contributed by atoms with E-state index < -0.39 is 0 Å².